The maximum Gasteiger partial charge on any atom is 0.167 e. The van der Waals surface area contributed by atoms with Gasteiger partial charge in [-0.15, -0.1) is 12.4 Å². The van der Waals surface area contributed by atoms with Gasteiger partial charge in [-0.05, 0) is 44.1 Å². The molecule has 0 spiro atoms. The molecule has 1 aromatic carbocycles. The van der Waals surface area contributed by atoms with Gasteiger partial charge in [-0.2, -0.15) is 0 Å². The molecule has 5 heteroatoms. The molecule has 0 atom stereocenters. The Hall–Kier alpha value is -1.26. The molecule has 4 nitrogen and oxygen atoms in total. The van der Waals surface area contributed by atoms with Gasteiger partial charge < -0.3 is 14.6 Å². The number of nitrogens with zero attached hydrogens (tertiary/aromatic N) is 1. The molecule has 0 radical (unpaired) electrons. The van der Waals surface area contributed by atoms with Gasteiger partial charge in [0.05, 0.1) is 12.8 Å². The summed E-state index contributed by atoms with van der Waals surface area (Å²) in [6.45, 7) is 2.12. The van der Waals surface area contributed by atoms with Gasteiger partial charge in [0.15, 0.2) is 5.58 Å². The minimum absolute atomic E-state index is 0. The van der Waals surface area contributed by atoms with Crippen LogP contribution in [0.5, 0.6) is 5.75 Å². The van der Waals surface area contributed by atoms with E-state index < -0.39 is 0 Å². The summed E-state index contributed by atoms with van der Waals surface area (Å²) in [4.78, 5) is 0. The van der Waals surface area contributed by atoms with Gasteiger partial charge in [-0.3, -0.25) is 0 Å². The van der Waals surface area contributed by atoms with Crippen LogP contribution in [-0.4, -0.2) is 25.4 Å². The Labute approximate surface area is 112 Å². The molecule has 0 aliphatic carbocycles. The van der Waals surface area contributed by atoms with E-state index in [-0.39, 0.29) is 12.4 Å². The topological polar surface area (TPSA) is 47.3 Å². The zero-order valence-corrected chi connectivity index (χ0v) is 11.1. The maximum absolute atomic E-state index is 5.38. The average molecular weight is 269 g/mol. The van der Waals surface area contributed by atoms with Crippen LogP contribution in [0.15, 0.2) is 22.7 Å². The van der Waals surface area contributed by atoms with E-state index in [4.69, 9.17) is 9.26 Å². The third-order valence-electron chi connectivity index (χ3n) is 3.43. The second-order valence-corrected chi connectivity index (χ2v) is 4.45. The molecule has 0 unspecified atom stereocenters. The summed E-state index contributed by atoms with van der Waals surface area (Å²) < 4.78 is 10.6. The van der Waals surface area contributed by atoms with Crippen LogP contribution in [0.2, 0.25) is 0 Å². The van der Waals surface area contributed by atoms with E-state index in [0.29, 0.717) is 5.92 Å². The lowest BCUT2D eigenvalue weighted by atomic mass is 9.92. The number of benzene rings is 1. The number of methoxy groups -OCH3 is 1. The molecule has 1 N–H and O–H groups in total. The fraction of sp³-hybridized carbons (Fsp3) is 0.462. The Balaban J connectivity index is 0.00000120. The molecule has 18 heavy (non-hydrogen) atoms. The first kappa shape index (κ1) is 13.2. The summed E-state index contributed by atoms with van der Waals surface area (Å²) in [6, 6.07) is 5.84. The van der Waals surface area contributed by atoms with Crippen molar-refractivity contribution in [1.82, 2.24) is 10.5 Å². The molecule has 1 aromatic heterocycles. The van der Waals surface area contributed by atoms with E-state index in [2.05, 4.69) is 10.5 Å². The first-order chi connectivity index (χ1) is 8.38. The first-order valence-corrected chi connectivity index (χ1v) is 6.02. The van der Waals surface area contributed by atoms with Crippen molar-refractivity contribution in [2.24, 2.45) is 0 Å². The molecule has 2 aromatic rings. The lowest BCUT2D eigenvalue weighted by molar-refractivity contribution is 0.404. The highest BCUT2D eigenvalue weighted by Gasteiger charge is 2.21. The van der Waals surface area contributed by atoms with Crippen LogP contribution in [-0.2, 0) is 0 Å². The molecule has 0 bridgehead atoms. The highest BCUT2D eigenvalue weighted by Crippen LogP contribution is 2.32. The number of piperidine rings is 1. The van der Waals surface area contributed by atoms with Crippen LogP contribution in [0.1, 0.15) is 24.5 Å². The number of fused-ring (bicyclic) bond motifs is 1. The standard InChI is InChI=1S/C13H16N2O2.ClH/c1-16-10-2-3-12-11(8-10)13(15-17-12)9-4-6-14-7-5-9;/h2-3,8-9,14H,4-7H2,1H3;1H. The van der Waals surface area contributed by atoms with Crippen LogP contribution in [0.3, 0.4) is 0 Å². The van der Waals surface area contributed by atoms with Crippen molar-refractivity contribution in [3.8, 4) is 5.75 Å². The van der Waals surface area contributed by atoms with Gasteiger partial charge in [0.25, 0.3) is 0 Å². The van der Waals surface area contributed by atoms with Gasteiger partial charge in [0.1, 0.15) is 5.75 Å². The Bertz CT molecular complexity index is 521. The lowest BCUT2D eigenvalue weighted by Crippen LogP contribution is -2.26. The summed E-state index contributed by atoms with van der Waals surface area (Å²) in [6.07, 6.45) is 2.25. The predicted molar refractivity (Wildman–Crippen MR) is 72.7 cm³/mol. The van der Waals surface area contributed by atoms with Crippen LogP contribution in [0.4, 0.5) is 0 Å². The van der Waals surface area contributed by atoms with E-state index in [1.54, 1.807) is 7.11 Å². The van der Waals surface area contributed by atoms with Crippen molar-refractivity contribution in [3.05, 3.63) is 23.9 Å². The average Bonchev–Trinajstić information content (AvgIpc) is 2.82. The normalized spacial score (nSPS) is 16.5. The number of halogens is 1. The summed E-state index contributed by atoms with van der Waals surface area (Å²) in [5, 5.41) is 8.69. The maximum atomic E-state index is 5.38. The molecule has 98 valence electrons. The summed E-state index contributed by atoms with van der Waals surface area (Å²) in [5.74, 6) is 1.36. The highest BCUT2D eigenvalue weighted by molar-refractivity contribution is 5.85. The third kappa shape index (κ3) is 2.31. The van der Waals surface area contributed by atoms with E-state index >= 15 is 0 Å². The van der Waals surface area contributed by atoms with Gasteiger partial charge in [-0.1, -0.05) is 5.16 Å². The minimum Gasteiger partial charge on any atom is -0.497 e. The van der Waals surface area contributed by atoms with Crippen molar-refractivity contribution in [2.75, 3.05) is 20.2 Å². The van der Waals surface area contributed by atoms with Gasteiger partial charge >= 0.3 is 0 Å². The van der Waals surface area contributed by atoms with Crippen LogP contribution < -0.4 is 10.1 Å². The summed E-state index contributed by atoms with van der Waals surface area (Å²) >= 11 is 0. The predicted octanol–water partition coefficient (Wildman–Crippen LogP) is 2.73. The number of ether oxygens (including phenoxy) is 1. The number of nitrogens with one attached hydrogen (secondary N) is 1. The molecule has 3 rings (SSSR count). The van der Waals surface area contributed by atoms with Crippen molar-refractivity contribution < 1.29 is 9.26 Å². The van der Waals surface area contributed by atoms with E-state index in [1.807, 2.05) is 18.2 Å². The minimum atomic E-state index is 0. The molecular weight excluding hydrogens is 252 g/mol. The second kappa shape index (κ2) is 5.59. The van der Waals surface area contributed by atoms with E-state index in [0.717, 1.165) is 48.3 Å². The van der Waals surface area contributed by atoms with Crippen LogP contribution in [0, 0.1) is 0 Å². The van der Waals surface area contributed by atoms with Crippen molar-refractivity contribution in [2.45, 2.75) is 18.8 Å². The Morgan fingerprint density at radius 3 is 2.83 bits per heavy atom. The quantitative estimate of drug-likeness (QED) is 0.910. The SMILES string of the molecule is COc1ccc2onc(C3CCNCC3)c2c1.Cl. The van der Waals surface area contributed by atoms with Gasteiger partial charge in [-0.25, -0.2) is 0 Å². The Kier molecular flexibility index (Phi) is 4.09. The van der Waals surface area contributed by atoms with Crippen molar-refractivity contribution in [3.63, 3.8) is 0 Å². The van der Waals surface area contributed by atoms with E-state index in [9.17, 15) is 0 Å². The summed E-state index contributed by atoms with van der Waals surface area (Å²) in [5.41, 5.74) is 1.93. The second-order valence-electron chi connectivity index (χ2n) is 4.45. The molecule has 0 amide bonds. The van der Waals surface area contributed by atoms with Crippen LogP contribution in [0.25, 0.3) is 11.0 Å². The molecule has 2 heterocycles. The monoisotopic (exact) mass is 268 g/mol. The Morgan fingerprint density at radius 2 is 2.11 bits per heavy atom. The molecule has 1 aliphatic rings. The van der Waals surface area contributed by atoms with Gasteiger partial charge in [0.2, 0.25) is 0 Å². The van der Waals surface area contributed by atoms with E-state index in [1.165, 1.54) is 0 Å². The van der Waals surface area contributed by atoms with Crippen molar-refractivity contribution in [1.29, 1.82) is 0 Å². The number of aromatic nitrogens is 1. The van der Waals surface area contributed by atoms with Crippen LogP contribution >= 0.6 is 12.4 Å². The lowest BCUT2D eigenvalue weighted by Gasteiger charge is -2.20. The molecule has 1 fully saturated rings. The fourth-order valence-corrected chi connectivity index (χ4v) is 2.45. The zero-order valence-electron chi connectivity index (χ0n) is 10.3. The molecular formula is C13H17ClN2O2. The summed E-state index contributed by atoms with van der Waals surface area (Å²) in [7, 11) is 1.68. The first-order valence-electron chi connectivity index (χ1n) is 6.02. The fourth-order valence-electron chi connectivity index (χ4n) is 2.45. The highest BCUT2D eigenvalue weighted by atomic mass is 35.5. The largest absolute Gasteiger partial charge is 0.497 e. The molecule has 1 saturated heterocycles. The number of hydrogen-bond acceptors (Lipinski definition) is 4. The third-order valence-corrected chi connectivity index (χ3v) is 3.43. The molecule has 1 aliphatic heterocycles. The Morgan fingerprint density at radius 1 is 1.33 bits per heavy atom. The van der Waals surface area contributed by atoms with Crippen molar-refractivity contribution >= 4 is 23.4 Å². The number of hydrogen-bond donors (Lipinski definition) is 1. The smallest absolute Gasteiger partial charge is 0.167 e. The zero-order chi connectivity index (χ0) is 11.7. The number of rotatable bonds is 2. The molecule has 0 saturated carbocycles. The van der Waals surface area contributed by atoms with Gasteiger partial charge in [0, 0.05) is 11.3 Å².